The van der Waals surface area contributed by atoms with Gasteiger partial charge in [0.25, 0.3) is 0 Å². The minimum Gasteiger partial charge on any atom is -0.325 e. The van der Waals surface area contributed by atoms with Gasteiger partial charge in [0.2, 0.25) is 0 Å². The van der Waals surface area contributed by atoms with Gasteiger partial charge in [0.15, 0.2) is 0 Å². The van der Waals surface area contributed by atoms with Crippen LogP contribution in [0.4, 0.5) is 10.5 Å². The van der Waals surface area contributed by atoms with Crippen molar-refractivity contribution < 1.29 is 4.79 Å². The maximum Gasteiger partial charge on any atom is 0.320 e. The average molecular weight is 268 g/mol. The molecule has 2 N–H and O–H groups in total. The van der Waals surface area contributed by atoms with E-state index in [0.717, 1.165) is 15.7 Å². The lowest BCUT2D eigenvalue weighted by Crippen LogP contribution is -2.29. The summed E-state index contributed by atoms with van der Waals surface area (Å²) in [4.78, 5) is 11.2. The Morgan fingerprint density at radius 3 is 2.93 bits per heavy atom. The van der Waals surface area contributed by atoms with Gasteiger partial charge in [0.1, 0.15) is 6.54 Å². The summed E-state index contributed by atoms with van der Waals surface area (Å²) in [6, 6.07) is 7.00. The van der Waals surface area contributed by atoms with Crippen LogP contribution in [-0.2, 0) is 0 Å². The van der Waals surface area contributed by atoms with Gasteiger partial charge in [-0.15, -0.1) is 0 Å². The number of hydrogen-bond donors (Lipinski definition) is 2. The first-order valence-electron chi connectivity index (χ1n) is 4.31. The highest BCUT2D eigenvalue weighted by Crippen LogP contribution is 2.19. The molecule has 1 aromatic rings. The first-order valence-corrected chi connectivity index (χ1v) is 5.10. The Labute approximate surface area is 96.4 Å². The number of nitrogens with zero attached hydrogens (tertiary/aromatic N) is 1. The minimum atomic E-state index is -0.373. The Balaban J connectivity index is 2.65. The number of amides is 2. The largest absolute Gasteiger partial charge is 0.325 e. The molecule has 0 radical (unpaired) electrons. The fraction of sp³-hybridized carbons (Fsp3) is 0.200. The molecule has 15 heavy (non-hydrogen) atoms. The van der Waals surface area contributed by atoms with E-state index in [1.165, 1.54) is 0 Å². The average Bonchev–Trinajstić information content (AvgIpc) is 2.19. The number of halogens is 1. The molecule has 5 heteroatoms. The molecule has 0 fully saturated rings. The lowest BCUT2D eigenvalue weighted by molar-refractivity contribution is 0.253. The molecule has 0 aliphatic rings. The summed E-state index contributed by atoms with van der Waals surface area (Å²) in [6.45, 7) is 1.89. The van der Waals surface area contributed by atoms with Gasteiger partial charge in [-0.1, -0.05) is 15.9 Å². The first-order chi connectivity index (χ1) is 7.13. The Hall–Kier alpha value is -1.54. The predicted molar refractivity (Wildman–Crippen MR) is 61.5 cm³/mol. The van der Waals surface area contributed by atoms with Gasteiger partial charge in [0.05, 0.1) is 6.07 Å². The van der Waals surface area contributed by atoms with Crippen molar-refractivity contribution in [1.82, 2.24) is 5.32 Å². The zero-order valence-electron chi connectivity index (χ0n) is 8.17. The molecule has 0 heterocycles. The van der Waals surface area contributed by atoms with Gasteiger partial charge in [-0.05, 0) is 30.7 Å². The number of rotatable bonds is 2. The third-order valence-electron chi connectivity index (χ3n) is 1.76. The maximum absolute atomic E-state index is 11.2. The summed E-state index contributed by atoms with van der Waals surface area (Å²) in [5, 5.41) is 13.3. The molecule has 0 spiro atoms. The molecule has 0 saturated carbocycles. The zero-order chi connectivity index (χ0) is 11.3. The van der Waals surface area contributed by atoms with E-state index in [9.17, 15) is 4.79 Å². The van der Waals surface area contributed by atoms with Gasteiger partial charge in [0, 0.05) is 10.2 Å². The van der Waals surface area contributed by atoms with Crippen LogP contribution in [0, 0.1) is 18.3 Å². The smallest absolute Gasteiger partial charge is 0.320 e. The highest BCUT2D eigenvalue weighted by atomic mass is 79.9. The second-order valence-electron chi connectivity index (χ2n) is 2.93. The van der Waals surface area contributed by atoms with Crippen molar-refractivity contribution in [2.75, 3.05) is 11.9 Å². The van der Waals surface area contributed by atoms with Crippen molar-refractivity contribution >= 4 is 27.6 Å². The third kappa shape index (κ3) is 3.60. The maximum atomic E-state index is 11.2. The van der Waals surface area contributed by atoms with Gasteiger partial charge >= 0.3 is 6.03 Å². The topological polar surface area (TPSA) is 64.9 Å². The van der Waals surface area contributed by atoms with E-state index >= 15 is 0 Å². The lowest BCUT2D eigenvalue weighted by Gasteiger charge is -2.08. The highest BCUT2D eigenvalue weighted by molar-refractivity contribution is 9.10. The molecule has 4 nitrogen and oxygen atoms in total. The molecule has 0 aromatic heterocycles. The van der Waals surface area contributed by atoms with Crippen molar-refractivity contribution in [2.24, 2.45) is 0 Å². The van der Waals surface area contributed by atoms with Crippen LogP contribution in [0.3, 0.4) is 0 Å². The number of anilines is 1. The molecule has 0 bridgehead atoms. The normalized spacial score (nSPS) is 9.13. The minimum absolute atomic E-state index is 0.00140. The Bertz CT molecular complexity index is 412. The number of nitriles is 1. The molecular weight excluding hydrogens is 258 g/mol. The fourth-order valence-electron chi connectivity index (χ4n) is 1.05. The first kappa shape index (κ1) is 11.5. The quantitative estimate of drug-likeness (QED) is 0.809. The highest BCUT2D eigenvalue weighted by Gasteiger charge is 2.03. The van der Waals surface area contributed by atoms with Crippen molar-refractivity contribution in [3.63, 3.8) is 0 Å². The number of nitrogens with one attached hydrogen (secondary N) is 2. The Kier molecular flexibility index (Phi) is 4.13. The Morgan fingerprint density at radius 1 is 1.60 bits per heavy atom. The third-order valence-corrected chi connectivity index (χ3v) is 2.26. The molecule has 1 rings (SSSR count). The van der Waals surface area contributed by atoms with E-state index in [0.29, 0.717) is 0 Å². The molecule has 0 saturated heterocycles. The van der Waals surface area contributed by atoms with Crippen molar-refractivity contribution in [3.8, 4) is 6.07 Å². The molecule has 0 aliphatic carbocycles. The predicted octanol–water partition coefficient (Wildman–Crippen LogP) is 2.40. The molecular formula is C10H10BrN3O. The SMILES string of the molecule is Cc1cc(Br)ccc1NC(=O)NCC#N. The summed E-state index contributed by atoms with van der Waals surface area (Å²) in [6.07, 6.45) is 0. The van der Waals surface area contributed by atoms with Crippen molar-refractivity contribution in [2.45, 2.75) is 6.92 Å². The van der Waals surface area contributed by atoms with Crippen LogP contribution in [0.15, 0.2) is 22.7 Å². The van der Waals surface area contributed by atoms with Gasteiger partial charge in [-0.2, -0.15) is 5.26 Å². The van der Waals surface area contributed by atoms with Gasteiger partial charge < -0.3 is 10.6 Å². The van der Waals surface area contributed by atoms with Gasteiger partial charge in [-0.3, -0.25) is 0 Å². The second kappa shape index (κ2) is 5.37. The summed E-state index contributed by atoms with van der Waals surface area (Å²) in [7, 11) is 0. The summed E-state index contributed by atoms with van der Waals surface area (Å²) < 4.78 is 0.961. The molecule has 0 atom stereocenters. The molecule has 2 amide bonds. The van der Waals surface area contributed by atoms with E-state index in [4.69, 9.17) is 5.26 Å². The molecule has 0 aliphatic heterocycles. The van der Waals surface area contributed by atoms with E-state index in [1.54, 1.807) is 6.07 Å². The lowest BCUT2D eigenvalue weighted by atomic mass is 10.2. The van der Waals surface area contributed by atoms with E-state index < -0.39 is 0 Å². The Morgan fingerprint density at radius 2 is 2.33 bits per heavy atom. The number of carbonyl (C=O) groups excluding carboxylic acids is 1. The summed E-state index contributed by atoms with van der Waals surface area (Å²) in [5.74, 6) is 0. The van der Waals surface area contributed by atoms with Crippen molar-refractivity contribution in [3.05, 3.63) is 28.2 Å². The number of aryl methyl sites for hydroxylation is 1. The molecule has 0 unspecified atom stereocenters. The van der Waals surface area contributed by atoms with Crippen LogP contribution in [0.1, 0.15) is 5.56 Å². The summed E-state index contributed by atoms with van der Waals surface area (Å²) in [5.41, 5.74) is 1.69. The fourth-order valence-corrected chi connectivity index (χ4v) is 1.53. The summed E-state index contributed by atoms with van der Waals surface area (Å²) >= 11 is 3.33. The zero-order valence-corrected chi connectivity index (χ0v) is 9.76. The second-order valence-corrected chi connectivity index (χ2v) is 3.84. The molecule has 1 aromatic carbocycles. The van der Waals surface area contributed by atoms with E-state index in [-0.39, 0.29) is 12.6 Å². The number of benzene rings is 1. The van der Waals surface area contributed by atoms with Crippen LogP contribution in [0.25, 0.3) is 0 Å². The van der Waals surface area contributed by atoms with Crippen LogP contribution in [0.5, 0.6) is 0 Å². The standard InChI is InChI=1S/C10H10BrN3O/c1-7-6-8(11)2-3-9(7)14-10(15)13-5-4-12/h2-3,6H,5H2,1H3,(H2,13,14,15). The number of urea groups is 1. The molecule has 78 valence electrons. The van der Waals surface area contributed by atoms with Crippen LogP contribution < -0.4 is 10.6 Å². The van der Waals surface area contributed by atoms with Gasteiger partial charge in [-0.25, -0.2) is 4.79 Å². The van der Waals surface area contributed by atoms with E-state index in [2.05, 4.69) is 26.6 Å². The van der Waals surface area contributed by atoms with E-state index in [1.807, 2.05) is 25.1 Å². The monoisotopic (exact) mass is 267 g/mol. The van der Waals surface area contributed by atoms with Crippen molar-refractivity contribution in [1.29, 1.82) is 5.26 Å². The van der Waals surface area contributed by atoms with Crippen LogP contribution >= 0.6 is 15.9 Å². The van der Waals surface area contributed by atoms with Crippen LogP contribution in [0.2, 0.25) is 0 Å². The number of carbonyl (C=O) groups is 1. The number of hydrogen-bond acceptors (Lipinski definition) is 2. The van der Waals surface area contributed by atoms with Crippen LogP contribution in [-0.4, -0.2) is 12.6 Å².